The van der Waals surface area contributed by atoms with Crippen LogP contribution in [0.2, 0.25) is 0 Å². The van der Waals surface area contributed by atoms with E-state index in [0.717, 1.165) is 22.5 Å². The summed E-state index contributed by atoms with van der Waals surface area (Å²) in [6, 6.07) is 11.6. The third-order valence-corrected chi connectivity index (χ3v) is 6.38. The van der Waals surface area contributed by atoms with Crippen LogP contribution in [0.1, 0.15) is 25.0 Å². The number of rotatable bonds is 9. The van der Waals surface area contributed by atoms with E-state index in [4.69, 9.17) is 9.47 Å². The van der Waals surface area contributed by atoms with Gasteiger partial charge in [-0.05, 0) is 55.8 Å². The molecular weight excluding hydrogens is 493 g/mol. The lowest BCUT2D eigenvalue weighted by Crippen LogP contribution is -2.31. The number of hydrogen-bond donors (Lipinski definition) is 0. The Bertz CT molecular complexity index is 1190. The zero-order chi connectivity index (χ0) is 24.1. The summed E-state index contributed by atoms with van der Waals surface area (Å²) < 4.78 is 79.0. The van der Waals surface area contributed by atoms with Gasteiger partial charge < -0.3 is 9.47 Å². The van der Waals surface area contributed by atoms with E-state index in [-0.39, 0.29) is 24.6 Å². The summed E-state index contributed by atoms with van der Waals surface area (Å²) in [5.74, 6) is 0.758. The number of anilines is 1. The minimum absolute atomic E-state index is 0. The molecule has 0 aliphatic carbocycles. The molecule has 0 atom stereocenters. The van der Waals surface area contributed by atoms with Crippen molar-refractivity contribution in [2.45, 2.75) is 31.5 Å². The summed E-state index contributed by atoms with van der Waals surface area (Å²) >= 11 is 0. The van der Waals surface area contributed by atoms with E-state index in [0.29, 0.717) is 36.3 Å². The van der Waals surface area contributed by atoms with Crippen LogP contribution in [0.3, 0.4) is 0 Å². The van der Waals surface area contributed by atoms with Gasteiger partial charge >= 0.3 is 6.18 Å². The van der Waals surface area contributed by atoms with Crippen LogP contribution in [0.5, 0.6) is 11.5 Å². The largest absolute Gasteiger partial charge is 0.490 e. The number of hydrogen-bond acceptors (Lipinski definition) is 5. The van der Waals surface area contributed by atoms with Gasteiger partial charge in [-0.2, -0.15) is 13.2 Å². The molecule has 0 aliphatic rings. The van der Waals surface area contributed by atoms with Crippen LogP contribution in [0.15, 0.2) is 71.9 Å². The molecule has 0 aliphatic heterocycles. The van der Waals surface area contributed by atoms with Crippen molar-refractivity contribution in [2.75, 3.05) is 17.5 Å². The highest BCUT2D eigenvalue weighted by atomic mass is 35.5. The summed E-state index contributed by atoms with van der Waals surface area (Å²) in [5.41, 5.74) is -0.283. The number of halogens is 4. The van der Waals surface area contributed by atoms with E-state index in [9.17, 15) is 21.6 Å². The molecule has 184 valence electrons. The monoisotopic (exact) mass is 516 g/mol. The summed E-state index contributed by atoms with van der Waals surface area (Å²) in [6.45, 7) is 4.12. The molecule has 2 aromatic carbocycles. The van der Waals surface area contributed by atoms with Gasteiger partial charge in [0.2, 0.25) is 0 Å². The maximum atomic E-state index is 13.6. The van der Waals surface area contributed by atoms with E-state index in [2.05, 4.69) is 4.98 Å². The SMILES string of the molecule is CCOc1ccc(N(Cc2cccnc2)S(=O)(=O)c2cccc(C(F)(F)F)c2)cc1OCC.Cl. The summed E-state index contributed by atoms with van der Waals surface area (Å²) in [6.07, 6.45) is -1.65. The number of ether oxygens (including phenoxy) is 2. The Kier molecular flexibility index (Phi) is 9.17. The Morgan fingerprint density at radius 2 is 1.65 bits per heavy atom. The maximum absolute atomic E-state index is 13.6. The minimum Gasteiger partial charge on any atom is -0.490 e. The molecule has 1 heterocycles. The first-order chi connectivity index (χ1) is 15.7. The molecule has 6 nitrogen and oxygen atoms in total. The standard InChI is InChI=1S/C23H23F3N2O4S.ClH/c1-3-31-21-11-10-19(14-22(21)32-4-2)28(16-17-7-6-12-27-15-17)33(29,30)20-9-5-8-18(13-20)23(24,25)26;/h5-15H,3-4,16H2,1-2H3;1H. The molecule has 0 saturated heterocycles. The number of alkyl halides is 3. The molecule has 11 heteroatoms. The van der Waals surface area contributed by atoms with E-state index in [1.807, 2.05) is 0 Å². The number of benzene rings is 2. The highest BCUT2D eigenvalue weighted by Crippen LogP contribution is 2.36. The number of sulfonamides is 1. The molecule has 0 bridgehead atoms. The Hall–Kier alpha value is -2.98. The highest BCUT2D eigenvalue weighted by Gasteiger charge is 2.33. The van der Waals surface area contributed by atoms with Crippen molar-refractivity contribution >= 4 is 28.1 Å². The summed E-state index contributed by atoms with van der Waals surface area (Å²) in [7, 11) is -4.38. The van der Waals surface area contributed by atoms with Crippen molar-refractivity contribution in [1.29, 1.82) is 0 Å². The lowest BCUT2D eigenvalue weighted by molar-refractivity contribution is -0.137. The summed E-state index contributed by atoms with van der Waals surface area (Å²) in [4.78, 5) is 3.52. The molecule has 34 heavy (non-hydrogen) atoms. The lowest BCUT2D eigenvalue weighted by Gasteiger charge is -2.26. The number of nitrogens with zero attached hydrogens (tertiary/aromatic N) is 2. The summed E-state index contributed by atoms with van der Waals surface area (Å²) in [5, 5.41) is 0. The van der Waals surface area contributed by atoms with Gasteiger partial charge in [-0.3, -0.25) is 9.29 Å². The topological polar surface area (TPSA) is 68.7 Å². The first-order valence-electron chi connectivity index (χ1n) is 10.1. The molecule has 0 fully saturated rings. The Labute approximate surface area is 202 Å². The molecule has 3 rings (SSSR count). The van der Waals surface area contributed by atoms with Crippen LogP contribution in [-0.2, 0) is 22.7 Å². The van der Waals surface area contributed by atoms with Gasteiger partial charge in [0.15, 0.2) is 11.5 Å². The van der Waals surface area contributed by atoms with Crippen LogP contribution < -0.4 is 13.8 Å². The Morgan fingerprint density at radius 1 is 0.941 bits per heavy atom. The predicted octanol–water partition coefficient (Wildman–Crippen LogP) is 5.72. The Balaban J connectivity index is 0.00000408. The zero-order valence-electron chi connectivity index (χ0n) is 18.4. The van der Waals surface area contributed by atoms with Crippen LogP contribution in [0.4, 0.5) is 18.9 Å². The lowest BCUT2D eigenvalue weighted by atomic mass is 10.2. The van der Waals surface area contributed by atoms with Crippen molar-refractivity contribution in [3.8, 4) is 11.5 Å². The normalized spacial score (nSPS) is 11.4. The quantitative estimate of drug-likeness (QED) is 0.364. The molecule has 1 aromatic heterocycles. The highest BCUT2D eigenvalue weighted by molar-refractivity contribution is 7.92. The van der Waals surface area contributed by atoms with Gasteiger partial charge in [-0.1, -0.05) is 12.1 Å². The van der Waals surface area contributed by atoms with Gasteiger partial charge in [0.05, 0.1) is 35.9 Å². The van der Waals surface area contributed by atoms with Gasteiger partial charge in [0.1, 0.15) is 0 Å². The fourth-order valence-electron chi connectivity index (χ4n) is 3.13. The minimum atomic E-state index is -4.68. The van der Waals surface area contributed by atoms with Gasteiger partial charge in [-0.15, -0.1) is 12.4 Å². The first kappa shape index (κ1) is 27.3. The fraction of sp³-hybridized carbons (Fsp3) is 0.261. The number of aromatic nitrogens is 1. The van der Waals surface area contributed by atoms with Crippen molar-refractivity contribution in [3.63, 3.8) is 0 Å². The van der Waals surface area contributed by atoms with Gasteiger partial charge in [0, 0.05) is 18.5 Å². The molecule has 0 N–H and O–H groups in total. The van der Waals surface area contributed by atoms with Crippen molar-refractivity contribution in [1.82, 2.24) is 4.98 Å². The molecule has 0 radical (unpaired) electrons. The zero-order valence-corrected chi connectivity index (χ0v) is 20.1. The second-order valence-electron chi connectivity index (χ2n) is 6.90. The number of pyridine rings is 1. The molecule has 0 unspecified atom stereocenters. The van der Waals surface area contributed by atoms with Gasteiger partial charge in [-0.25, -0.2) is 8.42 Å². The maximum Gasteiger partial charge on any atom is 0.416 e. The third kappa shape index (κ3) is 6.32. The van der Waals surface area contributed by atoms with E-state index >= 15 is 0 Å². The van der Waals surface area contributed by atoms with Crippen molar-refractivity contribution in [3.05, 3.63) is 78.1 Å². The van der Waals surface area contributed by atoms with Crippen LogP contribution in [0.25, 0.3) is 0 Å². The average Bonchev–Trinajstić information content (AvgIpc) is 2.79. The van der Waals surface area contributed by atoms with Crippen LogP contribution >= 0.6 is 12.4 Å². The van der Waals surface area contributed by atoms with E-state index < -0.39 is 26.7 Å². The van der Waals surface area contributed by atoms with Crippen LogP contribution in [0, 0.1) is 0 Å². The van der Waals surface area contributed by atoms with E-state index in [1.165, 1.54) is 18.3 Å². The third-order valence-electron chi connectivity index (χ3n) is 4.61. The van der Waals surface area contributed by atoms with Gasteiger partial charge in [0.25, 0.3) is 10.0 Å². The Morgan fingerprint density at radius 3 is 2.26 bits per heavy atom. The smallest absolute Gasteiger partial charge is 0.416 e. The van der Waals surface area contributed by atoms with Crippen molar-refractivity contribution in [2.24, 2.45) is 0 Å². The molecule has 0 saturated carbocycles. The fourth-order valence-corrected chi connectivity index (χ4v) is 4.62. The molecular formula is C23H24ClF3N2O4S. The molecule has 0 spiro atoms. The second kappa shape index (κ2) is 11.4. The molecule has 3 aromatic rings. The van der Waals surface area contributed by atoms with Crippen LogP contribution in [-0.4, -0.2) is 26.6 Å². The average molecular weight is 517 g/mol. The van der Waals surface area contributed by atoms with Crippen molar-refractivity contribution < 1.29 is 31.1 Å². The molecule has 0 amide bonds. The second-order valence-corrected chi connectivity index (χ2v) is 8.76. The first-order valence-corrected chi connectivity index (χ1v) is 11.6. The van der Waals surface area contributed by atoms with E-state index in [1.54, 1.807) is 38.2 Å². The predicted molar refractivity (Wildman–Crippen MR) is 125 cm³/mol.